The number of aliphatic carboxylic acids is 1. The van der Waals surface area contributed by atoms with Crippen LogP contribution in [-0.4, -0.2) is 67.2 Å². The predicted octanol–water partition coefficient (Wildman–Crippen LogP) is 0.444. The van der Waals surface area contributed by atoms with Crippen molar-refractivity contribution in [2.75, 3.05) is 40.3 Å². The minimum atomic E-state index is -0.886. The molecule has 1 atom stereocenters. The Morgan fingerprint density at radius 3 is 2.83 bits per heavy atom. The van der Waals surface area contributed by atoms with E-state index in [1.165, 1.54) is 11.3 Å². The summed E-state index contributed by atoms with van der Waals surface area (Å²) in [5.74, 6) is -0.385. The van der Waals surface area contributed by atoms with Crippen LogP contribution >= 0.6 is 0 Å². The minimum Gasteiger partial charge on any atom is -0.481 e. The molecule has 18 heavy (non-hydrogen) atoms. The Hall–Kier alpha value is -1.30. The summed E-state index contributed by atoms with van der Waals surface area (Å²) in [5, 5.41) is 11.4. The highest BCUT2D eigenvalue weighted by Gasteiger charge is 2.18. The number of urea groups is 1. The number of hydrogen-bond donors (Lipinski definition) is 2. The van der Waals surface area contributed by atoms with E-state index in [-0.39, 0.29) is 19.0 Å². The van der Waals surface area contributed by atoms with Gasteiger partial charge in [-0.25, -0.2) is 4.79 Å². The molecular formula is C12H23N3O3. The molecule has 0 radical (unpaired) electrons. The molecule has 0 saturated carbocycles. The van der Waals surface area contributed by atoms with E-state index >= 15 is 0 Å². The zero-order chi connectivity index (χ0) is 13.5. The van der Waals surface area contributed by atoms with Gasteiger partial charge in [0.25, 0.3) is 0 Å². The van der Waals surface area contributed by atoms with E-state index in [2.05, 4.69) is 17.3 Å². The van der Waals surface area contributed by atoms with Crippen molar-refractivity contribution >= 4 is 12.0 Å². The summed E-state index contributed by atoms with van der Waals surface area (Å²) >= 11 is 0. The molecule has 1 saturated heterocycles. The van der Waals surface area contributed by atoms with Crippen LogP contribution in [0.5, 0.6) is 0 Å². The van der Waals surface area contributed by atoms with Gasteiger partial charge in [-0.15, -0.1) is 0 Å². The van der Waals surface area contributed by atoms with Crippen LogP contribution in [0.2, 0.25) is 0 Å². The van der Waals surface area contributed by atoms with Crippen molar-refractivity contribution in [3.8, 4) is 0 Å². The van der Waals surface area contributed by atoms with Crippen molar-refractivity contribution in [3.63, 3.8) is 0 Å². The molecule has 104 valence electrons. The van der Waals surface area contributed by atoms with Crippen molar-refractivity contribution < 1.29 is 14.7 Å². The van der Waals surface area contributed by atoms with Gasteiger partial charge in [0.05, 0.1) is 6.42 Å². The number of nitrogens with zero attached hydrogens (tertiary/aromatic N) is 2. The minimum absolute atomic E-state index is 0.0178. The lowest BCUT2D eigenvalue weighted by molar-refractivity contribution is -0.137. The fourth-order valence-corrected chi connectivity index (χ4v) is 2.17. The first-order valence-electron chi connectivity index (χ1n) is 6.38. The maximum absolute atomic E-state index is 11.7. The summed E-state index contributed by atoms with van der Waals surface area (Å²) < 4.78 is 0. The summed E-state index contributed by atoms with van der Waals surface area (Å²) in [7, 11) is 3.71. The lowest BCUT2D eigenvalue weighted by Crippen LogP contribution is -2.43. The van der Waals surface area contributed by atoms with Gasteiger partial charge < -0.3 is 20.2 Å². The average molecular weight is 257 g/mol. The molecule has 1 unspecified atom stereocenters. The fourth-order valence-electron chi connectivity index (χ4n) is 2.17. The average Bonchev–Trinajstić information content (AvgIpc) is 2.33. The van der Waals surface area contributed by atoms with Gasteiger partial charge in [0.1, 0.15) is 0 Å². The van der Waals surface area contributed by atoms with E-state index in [0.717, 1.165) is 19.5 Å². The molecule has 0 aromatic rings. The number of nitrogens with one attached hydrogen (secondary N) is 1. The van der Waals surface area contributed by atoms with Crippen LogP contribution in [0, 0.1) is 5.92 Å². The van der Waals surface area contributed by atoms with Crippen molar-refractivity contribution in [1.82, 2.24) is 15.1 Å². The second-order valence-electron chi connectivity index (χ2n) is 5.02. The summed E-state index contributed by atoms with van der Waals surface area (Å²) in [6.07, 6.45) is 2.30. The van der Waals surface area contributed by atoms with Gasteiger partial charge in [-0.3, -0.25) is 4.79 Å². The molecule has 0 bridgehead atoms. The lowest BCUT2D eigenvalue weighted by atomic mass is 9.99. The summed E-state index contributed by atoms with van der Waals surface area (Å²) in [6, 6.07) is -0.190. The van der Waals surface area contributed by atoms with E-state index in [4.69, 9.17) is 5.11 Å². The standard InChI is InChI=1S/C12H23N3O3/c1-14-6-3-4-10(9-14)8-13-12(18)15(2)7-5-11(16)17/h10H,3-9H2,1-2H3,(H,13,18)(H,16,17). The van der Waals surface area contributed by atoms with Gasteiger partial charge in [0.15, 0.2) is 0 Å². The Labute approximate surface area is 108 Å². The summed E-state index contributed by atoms with van der Waals surface area (Å²) in [4.78, 5) is 25.8. The van der Waals surface area contributed by atoms with E-state index in [9.17, 15) is 9.59 Å². The number of carboxylic acid groups (broad SMARTS) is 1. The first-order chi connectivity index (χ1) is 8.49. The molecule has 1 fully saturated rings. The normalized spacial score (nSPS) is 20.4. The van der Waals surface area contributed by atoms with Crippen LogP contribution in [0.1, 0.15) is 19.3 Å². The number of piperidine rings is 1. The predicted molar refractivity (Wildman–Crippen MR) is 68.5 cm³/mol. The van der Waals surface area contributed by atoms with Crippen LogP contribution in [-0.2, 0) is 4.79 Å². The number of rotatable bonds is 5. The number of carbonyl (C=O) groups is 2. The smallest absolute Gasteiger partial charge is 0.317 e. The van der Waals surface area contributed by atoms with E-state index in [1.54, 1.807) is 7.05 Å². The summed E-state index contributed by atoms with van der Waals surface area (Å²) in [5.41, 5.74) is 0. The SMILES string of the molecule is CN1CCCC(CNC(=O)N(C)CCC(=O)O)C1. The monoisotopic (exact) mass is 257 g/mol. The molecule has 0 aromatic carbocycles. The second-order valence-corrected chi connectivity index (χ2v) is 5.02. The number of carboxylic acids is 1. The summed E-state index contributed by atoms with van der Waals surface area (Å²) in [6.45, 7) is 3.05. The maximum atomic E-state index is 11.7. The van der Waals surface area contributed by atoms with Crippen LogP contribution in [0.3, 0.4) is 0 Å². The first-order valence-corrected chi connectivity index (χ1v) is 6.38. The van der Waals surface area contributed by atoms with Crippen molar-refractivity contribution in [2.45, 2.75) is 19.3 Å². The largest absolute Gasteiger partial charge is 0.481 e. The van der Waals surface area contributed by atoms with Crippen molar-refractivity contribution in [1.29, 1.82) is 0 Å². The number of hydrogen-bond acceptors (Lipinski definition) is 3. The molecular weight excluding hydrogens is 234 g/mol. The number of carbonyl (C=O) groups excluding carboxylic acids is 1. The topological polar surface area (TPSA) is 72.9 Å². The molecule has 1 rings (SSSR count). The van der Waals surface area contributed by atoms with E-state index in [0.29, 0.717) is 12.5 Å². The molecule has 6 heteroatoms. The van der Waals surface area contributed by atoms with Gasteiger partial charge >= 0.3 is 12.0 Å². The Bertz CT molecular complexity index is 296. The molecule has 1 heterocycles. The van der Waals surface area contributed by atoms with Crippen LogP contribution in [0.25, 0.3) is 0 Å². The molecule has 1 aliphatic rings. The second kappa shape index (κ2) is 7.20. The molecule has 0 aromatic heterocycles. The Morgan fingerprint density at radius 2 is 2.22 bits per heavy atom. The maximum Gasteiger partial charge on any atom is 0.317 e. The first kappa shape index (κ1) is 14.8. The highest BCUT2D eigenvalue weighted by molar-refractivity contribution is 5.74. The van der Waals surface area contributed by atoms with E-state index < -0.39 is 5.97 Å². The molecule has 2 N–H and O–H groups in total. The van der Waals surface area contributed by atoms with Gasteiger partial charge in [-0.05, 0) is 32.4 Å². The van der Waals surface area contributed by atoms with Crippen LogP contribution < -0.4 is 5.32 Å². The Morgan fingerprint density at radius 1 is 1.50 bits per heavy atom. The van der Waals surface area contributed by atoms with Gasteiger partial charge in [-0.1, -0.05) is 0 Å². The van der Waals surface area contributed by atoms with E-state index in [1.807, 2.05) is 0 Å². The number of likely N-dealkylation sites (tertiary alicyclic amines) is 1. The highest BCUT2D eigenvalue weighted by Crippen LogP contribution is 2.13. The highest BCUT2D eigenvalue weighted by atomic mass is 16.4. The molecule has 1 aliphatic heterocycles. The zero-order valence-corrected chi connectivity index (χ0v) is 11.2. The van der Waals surface area contributed by atoms with Gasteiger partial charge in [0, 0.05) is 26.7 Å². The van der Waals surface area contributed by atoms with Gasteiger partial charge in [-0.2, -0.15) is 0 Å². The molecule has 0 aliphatic carbocycles. The van der Waals surface area contributed by atoms with Crippen LogP contribution in [0.15, 0.2) is 0 Å². The third-order valence-corrected chi connectivity index (χ3v) is 3.27. The van der Waals surface area contributed by atoms with Crippen LogP contribution in [0.4, 0.5) is 4.79 Å². The molecule has 0 spiro atoms. The van der Waals surface area contributed by atoms with Crippen molar-refractivity contribution in [3.05, 3.63) is 0 Å². The lowest BCUT2D eigenvalue weighted by Gasteiger charge is -2.30. The Kier molecular flexibility index (Phi) is 5.91. The number of amides is 2. The fraction of sp³-hybridized carbons (Fsp3) is 0.833. The molecule has 6 nitrogen and oxygen atoms in total. The Balaban J connectivity index is 2.21. The third kappa shape index (κ3) is 5.35. The third-order valence-electron chi connectivity index (χ3n) is 3.27. The molecule has 2 amide bonds. The zero-order valence-electron chi connectivity index (χ0n) is 11.2. The van der Waals surface area contributed by atoms with Crippen molar-refractivity contribution in [2.24, 2.45) is 5.92 Å². The quantitative estimate of drug-likeness (QED) is 0.750. The van der Waals surface area contributed by atoms with Gasteiger partial charge in [0.2, 0.25) is 0 Å².